The van der Waals surface area contributed by atoms with E-state index >= 15 is 0 Å². The van der Waals surface area contributed by atoms with Crippen LogP contribution in [0.5, 0.6) is 11.5 Å². The van der Waals surface area contributed by atoms with Crippen molar-refractivity contribution in [3.05, 3.63) is 22.2 Å². The van der Waals surface area contributed by atoms with Crippen molar-refractivity contribution in [2.45, 2.75) is 31.5 Å². The van der Waals surface area contributed by atoms with Crippen molar-refractivity contribution in [2.24, 2.45) is 5.92 Å². The predicted molar refractivity (Wildman–Crippen MR) is 83.0 cm³/mol. The van der Waals surface area contributed by atoms with Gasteiger partial charge in [0, 0.05) is 10.4 Å². The molecule has 0 aliphatic rings. The average Bonchev–Trinajstić information content (AvgIpc) is 2.37. The number of rotatable bonds is 6. The molecular weight excluding hydrogens is 360 g/mol. The first-order valence-corrected chi connectivity index (χ1v) is 7.81. The second-order valence-electron chi connectivity index (χ2n) is 4.40. The molecule has 1 rings (SSSR count). The van der Waals surface area contributed by atoms with Gasteiger partial charge in [0.2, 0.25) is 0 Å². The Morgan fingerprint density at radius 1 is 1.17 bits per heavy atom. The lowest BCUT2D eigenvalue weighted by molar-refractivity contribution is 0.391. The lowest BCUT2D eigenvalue weighted by Gasteiger charge is -2.21. The average molecular weight is 380 g/mol. The zero-order chi connectivity index (χ0) is 13.7. The van der Waals surface area contributed by atoms with Crippen molar-refractivity contribution in [2.75, 3.05) is 14.2 Å². The van der Waals surface area contributed by atoms with Gasteiger partial charge in [-0.1, -0.05) is 36.2 Å². The molecule has 0 aliphatic heterocycles. The van der Waals surface area contributed by atoms with E-state index < -0.39 is 0 Å². The molecule has 2 unspecified atom stereocenters. The van der Waals surface area contributed by atoms with E-state index in [1.54, 1.807) is 14.2 Å². The molecule has 0 heterocycles. The summed E-state index contributed by atoms with van der Waals surface area (Å²) < 4.78 is 11.7. The molecule has 0 N–H and O–H groups in total. The van der Waals surface area contributed by atoms with Crippen LogP contribution in [0.2, 0.25) is 0 Å². The molecule has 1 aromatic rings. The van der Waals surface area contributed by atoms with Gasteiger partial charge in [-0.15, -0.1) is 0 Å². The van der Waals surface area contributed by atoms with Gasteiger partial charge in [0.15, 0.2) is 0 Å². The fourth-order valence-corrected chi connectivity index (χ4v) is 3.11. The summed E-state index contributed by atoms with van der Waals surface area (Å²) in [4.78, 5) is 0.273. The van der Waals surface area contributed by atoms with Gasteiger partial charge in [-0.05, 0) is 40.4 Å². The van der Waals surface area contributed by atoms with Crippen molar-refractivity contribution in [3.63, 3.8) is 0 Å². The van der Waals surface area contributed by atoms with E-state index in [9.17, 15) is 0 Å². The second-order valence-corrected chi connectivity index (χ2v) is 6.24. The van der Waals surface area contributed by atoms with Crippen LogP contribution in [0.15, 0.2) is 16.6 Å². The fourth-order valence-electron chi connectivity index (χ4n) is 2.01. The van der Waals surface area contributed by atoms with Crippen LogP contribution in [0.3, 0.4) is 0 Å². The van der Waals surface area contributed by atoms with E-state index in [0.717, 1.165) is 21.5 Å². The highest BCUT2D eigenvalue weighted by Crippen LogP contribution is 2.42. The lowest BCUT2D eigenvalue weighted by Crippen LogP contribution is -2.05. The highest BCUT2D eigenvalue weighted by molar-refractivity contribution is 9.10. The second kappa shape index (κ2) is 7.39. The minimum atomic E-state index is 0.273. The summed E-state index contributed by atoms with van der Waals surface area (Å²) in [6, 6.07) is 4.00. The van der Waals surface area contributed by atoms with E-state index in [1.807, 2.05) is 12.1 Å². The highest BCUT2D eigenvalue weighted by atomic mass is 79.9. The maximum Gasteiger partial charge on any atom is 0.133 e. The molecule has 1 aromatic carbocycles. The molecule has 18 heavy (non-hydrogen) atoms. The molecular formula is C14H20Br2O2. The summed E-state index contributed by atoms with van der Waals surface area (Å²) in [5, 5.41) is 0. The Labute approximate surface area is 126 Å². The quantitative estimate of drug-likeness (QED) is 0.621. The first-order chi connectivity index (χ1) is 8.54. The van der Waals surface area contributed by atoms with Crippen molar-refractivity contribution in [3.8, 4) is 11.5 Å². The van der Waals surface area contributed by atoms with Crippen LogP contribution in [0.1, 0.15) is 37.1 Å². The lowest BCUT2D eigenvalue weighted by atomic mass is 9.96. The Morgan fingerprint density at radius 2 is 1.78 bits per heavy atom. The minimum absolute atomic E-state index is 0.273. The monoisotopic (exact) mass is 378 g/mol. The molecule has 0 amide bonds. The summed E-state index contributed by atoms with van der Waals surface area (Å²) >= 11 is 7.26. The Bertz CT molecular complexity index is 394. The van der Waals surface area contributed by atoms with Crippen LogP contribution in [0.25, 0.3) is 0 Å². The Morgan fingerprint density at radius 3 is 2.28 bits per heavy atom. The van der Waals surface area contributed by atoms with Gasteiger partial charge in [0.1, 0.15) is 11.5 Å². The summed E-state index contributed by atoms with van der Waals surface area (Å²) in [6.07, 6.45) is 2.36. The van der Waals surface area contributed by atoms with Crippen LogP contribution in [0.4, 0.5) is 0 Å². The summed E-state index contributed by atoms with van der Waals surface area (Å²) in [6.45, 7) is 4.45. The van der Waals surface area contributed by atoms with Crippen LogP contribution in [-0.2, 0) is 0 Å². The van der Waals surface area contributed by atoms with Crippen LogP contribution < -0.4 is 9.47 Å². The van der Waals surface area contributed by atoms with E-state index in [-0.39, 0.29) is 4.83 Å². The Kier molecular flexibility index (Phi) is 6.50. The molecule has 0 bridgehead atoms. The normalized spacial score (nSPS) is 14.1. The SMILES string of the molecule is CCCC(C)C(Br)c1cc(OC)c(Br)cc1OC. The molecule has 0 saturated carbocycles. The maximum atomic E-state index is 5.46. The van der Waals surface area contributed by atoms with Gasteiger partial charge in [0.25, 0.3) is 0 Å². The zero-order valence-corrected chi connectivity index (χ0v) is 14.5. The van der Waals surface area contributed by atoms with Crippen LogP contribution in [-0.4, -0.2) is 14.2 Å². The topological polar surface area (TPSA) is 18.5 Å². The zero-order valence-electron chi connectivity index (χ0n) is 11.3. The van der Waals surface area contributed by atoms with Gasteiger partial charge in [-0.2, -0.15) is 0 Å². The number of hydrogen-bond donors (Lipinski definition) is 0. The number of benzene rings is 1. The van der Waals surface area contributed by atoms with Crippen molar-refractivity contribution < 1.29 is 9.47 Å². The van der Waals surface area contributed by atoms with E-state index in [1.165, 1.54) is 12.8 Å². The molecule has 2 atom stereocenters. The van der Waals surface area contributed by atoms with Gasteiger partial charge >= 0.3 is 0 Å². The summed E-state index contributed by atoms with van der Waals surface area (Å²) in [5.41, 5.74) is 1.14. The summed E-state index contributed by atoms with van der Waals surface area (Å²) in [5.74, 6) is 2.27. The standard InChI is InChI=1S/C14H20Br2O2/c1-5-6-9(2)14(16)10-7-13(18-4)11(15)8-12(10)17-3/h7-9,14H,5-6H2,1-4H3. The van der Waals surface area contributed by atoms with E-state index in [2.05, 4.69) is 45.7 Å². The molecule has 4 heteroatoms. The van der Waals surface area contributed by atoms with Crippen molar-refractivity contribution in [1.82, 2.24) is 0 Å². The Balaban J connectivity index is 3.12. The summed E-state index contributed by atoms with van der Waals surface area (Å²) in [7, 11) is 3.37. The van der Waals surface area contributed by atoms with Crippen molar-refractivity contribution >= 4 is 31.9 Å². The fraction of sp³-hybridized carbons (Fsp3) is 0.571. The third-order valence-corrected chi connectivity index (χ3v) is 5.06. The number of halogens is 2. The van der Waals surface area contributed by atoms with Gasteiger partial charge < -0.3 is 9.47 Å². The third kappa shape index (κ3) is 3.64. The third-order valence-electron chi connectivity index (χ3n) is 3.04. The van der Waals surface area contributed by atoms with Crippen molar-refractivity contribution in [1.29, 1.82) is 0 Å². The predicted octanol–water partition coefficient (Wildman–Crippen LogP) is 5.34. The van der Waals surface area contributed by atoms with Gasteiger partial charge in [-0.3, -0.25) is 0 Å². The minimum Gasteiger partial charge on any atom is -0.496 e. The molecule has 0 spiro atoms. The number of alkyl halides is 1. The van der Waals surface area contributed by atoms with E-state index in [0.29, 0.717) is 5.92 Å². The molecule has 102 valence electrons. The smallest absolute Gasteiger partial charge is 0.133 e. The molecule has 2 nitrogen and oxygen atoms in total. The molecule has 0 radical (unpaired) electrons. The molecule has 0 aliphatic carbocycles. The number of ether oxygens (including phenoxy) is 2. The van der Waals surface area contributed by atoms with Crippen LogP contribution >= 0.6 is 31.9 Å². The first kappa shape index (κ1) is 15.8. The highest BCUT2D eigenvalue weighted by Gasteiger charge is 2.21. The molecule has 0 fully saturated rings. The van der Waals surface area contributed by atoms with Gasteiger partial charge in [0.05, 0.1) is 18.7 Å². The molecule has 0 aromatic heterocycles. The largest absolute Gasteiger partial charge is 0.496 e. The Hall–Kier alpha value is -0.220. The molecule has 0 saturated heterocycles. The van der Waals surface area contributed by atoms with E-state index in [4.69, 9.17) is 9.47 Å². The van der Waals surface area contributed by atoms with Gasteiger partial charge in [-0.25, -0.2) is 0 Å². The maximum absolute atomic E-state index is 5.46. The first-order valence-electron chi connectivity index (χ1n) is 6.10. The number of methoxy groups -OCH3 is 2. The van der Waals surface area contributed by atoms with Crippen LogP contribution in [0, 0.1) is 5.92 Å². The number of hydrogen-bond acceptors (Lipinski definition) is 2.